The van der Waals surface area contributed by atoms with Gasteiger partial charge in [-0.3, -0.25) is 4.79 Å². The van der Waals surface area contributed by atoms with E-state index in [0.29, 0.717) is 5.75 Å². The molecule has 0 saturated heterocycles. The molecular weight excluding hydrogens is 354 g/mol. The lowest BCUT2D eigenvalue weighted by atomic mass is 10.0. The zero-order valence-corrected chi connectivity index (χ0v) is 15.3. The summed E-state index contributed by atoms with van der Waals surface area (Å²) in [6, 6.07) is 15.7. The van der Waals surface area contributed by atoms with Crippen molar-refractivity contribution in [1.82, 2.24) is 5.32 Å². The minimum Gasteiger partial charge on any atom is -0.481 e. The lowest BCUT2D eigenvalue weighted by Crippen LogP contribution is -2.37. The predicted molar refractivity (Wildman–Crippen MR) is 96.6 cm³/mol. The lowest BCUT2D eigenvalue weighted by Gasteiger charge is -2.19. The van der Waals surface area contributed by atoms with Crippen LogP contribution in [0, 0.1) is 0 Å². The van der Waals surface area contributed by atoms with Crippen LogP contribution in [0.25, 0.3) is 0 Å². The van der Waals surface area contributed by atoms with Gasteiger partial charge in [0, 0.05) is 4.47 Å². The van der Waals surface area contributed by atoms with Crippen LogP contribution in [0.5, 0.6) is 5.75 Å². The Hall–Kier alpha value is -1.81. The first-order valence-electron chi connectivity index (χ1n) is 7.81. The van der Waals surface area contributed by atoms with Crippen LogP contribution in [-0.2, 0) is 11.2 Å². The molecule has 0 fully saturated rings. The van der Waals surface area contributed by atoms with E-state index in [4.69, 9.17) is 4.74 Å². The normalized spacial score (nSPS) is 13.2. The number of hydrogen-bond acceptors (Lipinski definition) is 2. The van der Waals surface area contributed by atoms with Gasteiger partial charge >= 0.3 is 0 Å². The summed E-state index contributed by atoms with van der Waals surface area (Å²) in [5.74, 6) is 0.552. The summed E-state index contributed by atoms with van der Waals surface area (Å²) in [6.45, 7) is 5.86. The minimum atomic E-state index is -0.548. The van der Waals surface area contributed by atoms with Crippen molar-refractivity contribution in [2.24, 2.45) is 0 Å². The van der Waals surface area contributed by atoms with Gasteiger partial charge in [0.25, 0.3) is 5.91 Å². The summed E-state index contributed by atoms with van der Waals surface area (Å²) >= 11 is 3.37. The van der Waals surface area contributed by atoms with E-state index in [9.17, 15) is 4.79 Å². The third-order valence-corrected chi connectivity index (χ3v) is 4.27. The first-order valence-corrected chi connectivity index (χ1v) is 8.60. The first kappa shape index (κ1) is 17.5. The number of benzene rings is 2. The number of ether oxygens (including phenoxy) is 1. The number of aryl methyl sites for hydroxylation is 1. The average molecular weight is 376 g/mol. The van der Waals surface area contributed by atoms with Gasteiger partial charge in [0.1, 0.15) is 5.75 Å². The summed E-state index contributed by atoms with van der Waals surface area (Å²) in [7, 11) is 0. The fourth-order valence-electron chi connectivity index (χ4n) is 2.23. The molecule has 2 atom stereocenters. The summed E-state index contributed by atoms with van der Waals surface area (Å²) in [5, 5.41) is 2.99. The second kappa shape index (κ2) is 8.16. The molecule has 1 amide bonds. The van der Waals surface area contributed by atoms with Crippen LogP contribution in [0.3, 0.4) is 0 Å². The third-order valence-electron chi connectivity index (χ3n) is 3.74. The molecule has 2 aromatic carbocycles. The van der Waals surface area contributed by atoms with Gasteiger partial charge in [-0.25, -0.2) is 0 Å². The molecule has 0 heterocycles. The van der Waals surface area contributed by atoms with Crippen molar-refractivity contribution < 1.29 is 9.53 Å². The molecule has 2 rings (SSSR count). The van der Waals surface area contributed by atoms with Crippen LogP contribution in [0.15, 0.2) is 53.0 Å². The molecule has 0 saturated carbocycles. The van der Waals surface area contributed by atoms with Gasteiger partial charge in [0.2, 0.25) is 0 Å². The molecule has 0 aliphatic rings. The molecule has 3 nitrogen and oxygen atoms in total. The maximum absolute atomic E-state index is 12.3. The van der Waals surface area contributed by atoms with Gasteiger partial charge in [0.05, 0.1) is 6.04 Å². The number of hydrogen-bond donors (Lipinski definition) is 1. The molecule has 0 bridgehead atoms. The maximum atomic E-state index is 12.3. The van der Waals surface area contributed by atoms with Crippen molar-refractivity contribution in [3.8, 4) is 5.75 Å². The van der Waals surface area contributed by atoms with Gasteiger partial charge in [-0.15, -0.1) is 0 Å². The third kappa shape index (κ3) is 5.10. The highest BCUT2D eigenvalue weighted by Crippen LogP contribution is 2.18. The maximum Gasteiger partial charge on any atom is 0.261 e. The standard InChI is InChI=1S/C19H22BrNO2/c1-4-15-5-7-16(8-6-15)13(2)21-19(22)14(3)23-18-11-9-17(20)10-12-18/h5-14H,4H2,1-3H3,(H,21,22)/t13-,14-/m1/s1. The van der Waals surface area contributed by atoms with Crippen LogP contribution in [0.2, 0.25) is 0 Å². The number of amides is 1. The highest BCUT2D eigenvalue weighted by atomic mass is 79.9. The van der Waals surface area contributed by atoms with Crippen LogP contribution in [0.1, 0.15) is 37.9 Å². The Labute approximate surface area is 146 Å². The van der Waals surface area contributed by atoms with E-state index < -0.39 is 6.10 Å². The lowest BCUT2D eigenvalue weighted by molar-refractivity contribution is -0.127. The van der Waals surface area contributed by atoms with E-state index in [-0.39, 0.29) is 11.9 Å². The van der Waals surface area contributed by atoms with Crippen LogP contribution in [-0.4, -0.2) is 12.0 Å². The monoisotopic (exact) mass is 375 g/mol. The Morgan fingerprint density at radius 3 is 2.26 bits per heavy atom. The highest BCUT2D eigenvalue weighted by molar-refractivity contribution is 9.10. The Morgan fingerprint density at radius 1 is 1.09 bits per heavy atom. The van der Waals surface area contributed by atoms with Gasteiger partial charge in [-0.2, -0.15) is 0 Å². The Kier molecular flexibility index (Phi) is 6.22. The molecule has 0 unspecified atom stereocenters. The van der Waals surface area contributed by atoms with Crippen molar-refractivity contribution >= 4 is 21.8 Å². The molecule has 0 spiro atoms. The predicted octanol–water partition coefficient (Wildman–Crippen LogP) is 4.66. The number of rotatable bonds is 6. The van der Waals surface area contributed by atoms with E-state index >= 15 is 0 Å². The molecule has 0 radical (unpaired) electrons. The number of carbonyl (C=O) groups is 1. The molecular formula is C19H22BrNO2. The van der Waals surface area contributed by atoms with Crippen LogP contribution >= 0.6 is 15.9 Å². The fraction of sp³-hybridized carbons (Fsp3) is 0.316. The second-order valence-electron chi connectivity index (χ2n) is 5.54. The average Bonchev–Trinajstić information content (AvgIpc) is 2.56. The number of halogens is 1. The van der Waals surface area contributed by atoms with E-state index in [2.05, 4.69) is 52.4 Å². The molecule has 23 heavy (non-hydrogen) atoms. The SMILES string of the molecule is CCc1ccc([C@@H](C)NC(=O)[C@@H](C)Oc2ccc(Br)cc2)cc1. The molecule has 2 aromatic rings. The molecule has 0 aliphatic carbocycles. The summed E-state index contributed by atoms with van der Waals surface area (Å²) in [6.07, 6.45) is 0.465. The Balaban J connectivity index is 1.92. The van der Waals surface area contributed by atoms with E-state index in [1.165, 1.54) is 5.56 Å². The minimum absolute atomic E-state index is 0.0515. The van der Waals surface area contributed by atoms with E-state index in [1.807, 2.05) is 31.2 Å². The topological polar surface area (TPSA) is 38.3 Å². The molecule has 4 heteroatoms. The van der Waals surface area contributed by atoms with Crippen molar-refractivity contribution in [3.63, 3.8) is 0 Å². The molecule has 122 valence electrons. The van der Waals surface area contributed by atoms with Crippen molar-refractivity contribution in [2.45, 2.75) is 39.3 Å². The Bertz CT molecular complexity index is 637. The fourth-order valence-corrected chi connectivity index (χ4v) is 2.49. The van der Waals surface area contributed by atoms with Gasteiger partial charge in [0.15, 0.2) is 6.10 Å². The largest absolute Gasteiger partial charge is 0.481 e. The highest BCUT2D eigenvalue weighted by Gasteiger charge is 2.17. The Morgan fingerprint density at radius 2 is 1.70 bits per heavy atom. The van der Waals surface area contributed by atoms with Crippen molar-refractivity contribution in [1.29, 1.82) is 0 Å². The van der Waals surface area contributed by atoms with E-state index in [0.717, 1.165) is 16.5 Å². The number of carbonyl (C=O) groups excluding carboxylic acids is 1. The smallest absolute Gasteiger partial charge is 0.261 e. The van der Waals surface area contributed by atoms with E-state index in [1.54, 1.807) is 6.92 Å². The summed E-state index contributed by atoms with van der Waals surface area (Å²) in [5.41, 5.74) is 2.38. The summed E-state index contributed by atoms with van der Waals surface area (Å²) < 4.78 is 6.65. The zero-order valence-electron chi connectivity index (χ0n) is 13.7. The molecule has 1 N–H and O–H groups in total. The number of nitrogens with one attached hydrogen (secondary N) is 1. The van der Waals surface area contributed by atoms with Gasteiger partial charge in [-0.1, -0.05) is 47.1 Å². The summed E-state index contributed by atoms with van der Waals surface area (Å²) in [4.78, 5) is 12.3. The van der Waals surface area contributed by atoms with Crippen molar-refractivity contribution in [2.75, 3.05) is 0 Å². The van der Waals surface area contributed by atoms with Gasteiger partial charge in [-0.05, 0) is 55.7 Å². The zero-order chi connectivity index (χ0) is 16.8. The quantitative estimate of drug-likeness (QED) is 0.797. The molecule has 0 aromatic heterocycles. The van der Waals surface area contributed by atoms with Crippen molar-refractivity contribution in [3.05, 3.63) is 64.1 Å². The first-order chi connectivity index (χ1) is 11.0. The second-order valence-corrected chi connectivity index (χ2v) is 6.46. The molecule has 0 aliphatic heterocycles. The van der Waals surface area contributed by atoms with Gasteiger partial charge < -0.3 is 10.1 Å². The van der Waals surface area contributed by atoms with Crippen LogP contribution in [0.4, 0.5) is 0 Å². The van der Waals surface area contributed by atoms with Crippen LogP contribution < -0.4 is 10.1 Å².